The van der Waals surface area contributed by atoms with Gasteiger partial charge in [0.2, 0.25) is 0 Å². The number of ether oxygens (including phenoxy) is 2. The zero-order valence-corrected chi connectivity index (χ0v) is 14.5. The Bertz CT molecular complexity index is 855. The van der Waals surface area contributed by atoms with E-state index in [0.717, 1.165) is 5.56 Å². The highest BCUT2D eigenvalue weighted by Crippen LogP contribution is 2.30. The van der Waals surface area contributed by atoms with E-state index in [-0.39, 0.29) is 5.91 Å². The van der Waals surface area contributed by atoms with E-state index in [9.17, 15) is 4.79 Å². The molecule has 1 aliphatic rings. The number of allylic oxidation sites excluding steroid dienone is 3. The van der Waals surface area contributed by atoms with Crippen LogP contribution in [0.25, 0.3) is 6.08 Å². The smallest absolute Gasteiger partial charge is 0.271 e. The highest BCUT2D eigenvalue weighted by molar-refractivity contribution is 5.98. The zero-order chi connectivity index (χ0) is 18.2. The standard InChI is InChI=1S/C21H20N2O3/c1-16(7-5-6-10-17-8-3-2-4-9-17)22-23-21(24)18-11-12-19-20(15-18)26-14-13-25-19/h2-12,15H,13-14H2,1H3,(H,23,24)/b7-5+,10-6+,22-16-. The molecule has 1 N–H and O–H groups in total. The van der Waals surface area contributed by atoms with Crippen LogP contribution >= 0.6 is 0 Å². The number of benzene rings is 2. The summed E-state index contributed by atoms with van der Waals surface area (Å²) in [7, 11) is 0. The Morgan fingerprint density at radius 3 is 2.62 bits per heavy atom. The second-order valence-electron chi connectivity index (χ2n) is 5.68. The van der Waals surface area contributed by atoms with Gasteiger partial charge in [0.05, 0.1) is 5.71 Å². The highest BCUT2D eigenvalue weighted by Gasteiger charge is 2.14. The average Bonchev–Trinajstić information content (AvgIpc) is 2.70. The molecule has 0 unspecified atom stereocenters. The number of nitrogens with zero attached hydrogens (tertiary/aromatic N) is 1. The van der Waals surface area contributed by atoms with Crippen LogP contribution in [0.15, 0.2) is 71.9 Å². The fraction of sp³-hybridized carbons (Fsp3) is 0.143. The van der Waals surface area contributed by atoms with E-state index in [1.54, 1.807) is 18.2 Å². The van der Waals surface area contributed by atoms with Crippen molar-refractivity contribution in [3.8, 4) is 11.5 Å². The maximum atomic E-state index is 12.2. The van der Waals surface area contributed by atoms with E-state index in [2.05, 4.69) is 10.5 Å². The number of carbonyl (C=O) groups excluding carboxylic acids is 1. The lowest BCUT2D eigenvalue weighted by molar-refractivity contribution is 0.0953. The van der Waals surface area contributed by atoms with Gasteiger partial charge in [0.1, 0.15) is 13.2 Å². The van der Waals surface area contributed by atoms with E-state index in [1.807, 2.05) is 61.6 Å². The lowest BCUT2D eigenvalue weighted by Gasteiger charge is -2.18. The van der Waals surface area contributed by atoms with Crippen molar-refractivity contribution in [2.45, 2.75) is 6.92 Å². The predicted molar refractivity (Wildman–Crippen MR) is 103 cm³/mol. The third-order valence-corrected chi connectivity index (χ3v) is 3.67. The predicted octanol–water partition coefficient (Wildman–Crippen LogP) is 3.83. The maximum Gasteiger partial charge on any atom is 0.271 e. The van der Waals surface area contributed by atoms with Gasteiger partial charge < -0.3 is 9.47 Å². The van der Waals surface area contributed by atoms with Crippen LogP contribution in [-0.2, 0) is 0 Å². The largest absolute Gasteiger partial charge is 0.486 e. The molecule has 5 heteroatoms. The van der Waals surface area contributed by atoms with Crippen molar-refractivity contribution in [1.29, 1.82) is 0 Å². The Balaban J connectivity index is 1.55. The van der Waals surface area contributed by atoms with Gasteiger partial charge >= 0.3 is 0 Å². The summed E-state index contributed by atoms with van der Waals surface area (Å²) in [6, 6.07) is 15.1. The Morgan fingerprint density at radius 2 is 1.81 bits per heavy atom. The van der Waals surface area contributed by atoms with Crippen LogP contribution in [0.3, 0.4) is 0 Å². The van der Waals surface area contributed by atoms with E-state index in [0.29, 0.717) is 36.0 Å². The van der Waals surface area contributed by atoms with Crippen molar-refractivity contribution in [2.75, 3.05) is 13.2 Å². The topological polar surface area (TPSA) is 59.9 Å². The van der Waals surface area contributed by atoms with Gasteiger partial charge in [-0.3, -0.25) is 4.79 Å². The van der Waals surface area contributed by atoms with Gasteiger partial charge in [0.15, 0.2) is 11.5 Å². The molecule has 2 aromatic carbocycles. The normalized spacial score (nSPS) is 14.0. The number of hydrogen-bond donors (Lipinski definition) is 1. The van der Waals surface area contributed by atoms with Gasteiger partial charge in [0, 0.05) is 5.56 Å². The third kappa shape index (κ3) is 4.83. The molecular formula is C21H20N2O3. The first-order valence-corrected chi connectivity index (χ1v) is 8.36. The van der Waals surface area contributed by atoms with Crippen molar-refractivity contribution >= 4 is 17.7 Å². The second-order valence-corrected chi connectivity index (χ2v) is 5.68. The molecule has 3 rings (SSSR count). The summed E-state index contributed by atoms with van der Waals surface area (Å²) in [6.07, 6.45) is 7.63. The molecule has 0 saturated carbocycles. The van der Waals surface area contributed by atoms with Crippen molar-refractivity contribution in [2.24, 2.45) is 5.10 Å². The summed E-state index contributed by atoms with van der Waals surface area (Å²) in [5.41, 5.74) is 4.82. The number of carbonyl (C=O) groups is 1. The van der Waals surface area contributed by atoms with Crippen LogP contribution in [0.5, 0.6) is 11.5 Å². The van der Waals surface area contributed by atoms with E-state index in [4.69, 9.17) is 9.47 Å². The first-order valence-electron chi connectivity index (χ1n) is 8.36. The van der Waals surface area contributed by atoms with Gasteiger partial charge in [0.25, 0.3) is 5.91 Å². The van der Waals surface area contributed by atoms with Crippen LogP contribution in [0.1, 0.15) is 22.8 Å². The molecule has 5 nitrogen and oxygen atoms in total. The summed E-state index contributed by atoms with van der Waals surface area (Å²) in [4.78, 5) is 12.2. The molecule has 26 heavy (non-hydrogen) atoms. The number of fused-ring (bicyclic) bond motifs is 1. The average molecular weight is 348 g/mol. The molecule has 1 aliphatic heterocycles. The Labute approximate surface area is 152 Å². The molecule has 0 aromatic heterocycles. The minimum Gasteiger partial charge on any atom is -0.486 e. The second kappa shape index (κ2) is 8.67. The molecular weight excluding hydrogens is 328 g/mol. The summed E-state index contributed by atoms with van der Waals surface area (Å²) < 4.78 is 10.9. The number of hydrogen-bond acceptors (Lipinski definition) is 4. The van der Waals surface area contributed by atoms with Gasteiger partial charge in [-0.2, -0.15) is 5.10 Å². The molecule has 0 fully saturated rings. The molecule has 0 aliphatic carbocycles. The molecule has 132 valence electrons. The first kappa shape index (κ1) is 17.5. The Kier molecular flexibility index (Phi) is 5.83. The van der Waals surface area contributed by atoms with Gasteiger partial charge in [-0.15, -0.1) is 0 Å². The molecule has 0 saturated heterocycles. The number of rotatable bonds is 5. The molecule has 0 radical (unpaired) electrons. The van der Waals surface area contributed by atoms with Crippen LogP contribution in [-0.4, -0.2) is 24.8 Å². The highest BCUT2D eigenvalue weighted by atomic mass is 16.6. The molecule has 0 bridgehead atoms. The van der Waals surface area contributed by atoms with Crippen LogP contribution in [0.2, 0.25) is 0 Å². The Morgan fingerprint density at radius 1 is 1.04 bits per heavy atom. The zero-order valence-electron chi connectivity index (χ0n) is 14.5. The van der Waals surface area contributed by atoms with E-state index < -0.39 is 0 Å². The molecule has 2 aromatic rings. The minimum atomic E-state index is -0.297. The molecule has 0 atom stereocenters. The monoisotopic (exact) mass is 348 g/mol. The molecule has 1 heterocycles. The SMILES string of the molecule is CC(/C=C/C=C/c1ccccc1)=N/NC(=O)c1ccc2c(c1)OCCO2. The van der Waals surface area contributed by atoms with E-state index in [1.165, 1.54) is 0 Å². The van der Waals surface area contributed by atoms with E-state index >= 15 is 0 Å². The van der Waals surface area contributed by atoms with Gasteiger partial charge in [-0.1, -0.05) is 48.6 Å². The lowest BCUT2D eigenvalue weighted by atomic mass is 10.2. The summed E-state index contributed by atoms with van der Waals surface area (Å²) in [5.74, 6) is 0.936. The fourth-order valence-electron chi connectivity index (χ4n) is 2.35. The summed E-state index contributed by atoms with van der Waals surface area (Å²) in [6.45, 7) is 2.82. The van der Waals surface area contributed by atoms with Crippen LogP contribution < -0.4 is 14.9 Å². The Hall–Kier alpha value is -3.34. The fourth-order valence-corrected chi connectivity index (χ4v) is 2.35. The minimum absolute atomic E-state index is 0.297. The molecule has 1 amide bonds. The first-order chi connectivity index (χ1) is 12.7. The summed E-state index contributed by atoms with van der Waals surface area (Å²) in [5, 5.41) is 4.08. The van der Waals surface area contributed by atoms with Crippen LogP contribution in [0.4, 0.5) is 0 Å². The van der Waals surface area contributed by atoms with Crippen LogP contribution in [0, 0.1) is 0 Å². The summed E-state index contributed by atoms with van der Waals surface area (Å²) >= 11 is 0. The van der Waals surface area contributed by atoms with Crippen molar-refractivity contribution < 1.29 is 14.3 Å². The molecule has 0 spiro atoms. The third-order valence-electron chi connectivity index (χ3n) is 3.67. The number of hydrazone groups is 1. The van der Waals surface area contributed by atoms with Gasteiger partial charge in [-0.25, -0.2) is 5.43 Å². The number of amides is 1. The van der Waals surface area contributed by atoms with Gasteiger partial charge in [-0.05, 0) is 36.8 Å². The lowest BCUT2D eigenvalue weighted by Crippen LogP contribution is -2.20. The maximum absolute atomic E-state index is 12.2. The van der Waals surface area contributed by atoms with Crippen molar-refractivity contribution in [3.63, 3.8) is 0 Å². The quantitative estimate of drug-likeness (QED) is 0.507. The number of nitrogens with one attached hydrogen (secondary N) is 1. The van der Waals surface area contributed by atoms with Crippen molar-refractivity contribution in [1.82, 2.24) is 5.43 Å². The van der Waals surface area contributed by atoms with Crippen molar-refractivity contribution in [3.05, 3.63) is 77.9 Å².